The first-order chi connectivity index (χ1) is 13.6. The van der Waals surface area contributed by atoms with E-state index in [1.165, 1.54) is 17.8 Å². The number of phosphoric acid groups is 1. The van der Waals surface area contributed by atoms with Crippen molar-refractivity contribution < 1.29 is 32.7 Å². The lowest BCUT2D eigenvalue weighted by Gasteiger charge is -2.35. The van der Waals surface area contributed by atoms with E-state index < -0.39 is 31.9 Å². The SMILES string of the molecule is CCOc1nc(N)nc2c1ncn2[C@@H]1O[C@@H]2CO[P@@](=O)(OC(C)C)O[C@H]2[C@@]1(C)O. The Morgan fingerprint density at radius 3 is 2.93 bits per heavy atom. The van der Waals surface area contributed by atoms with Gasteiger partial charge in [0.25, 0.3) is 0 Å². The highest BCUT2D eigenvalue weighted by atomic mass is 31.2. The molecule has 12 nitrogen and oxygen atoms in total. The molecule has 0 spiro atoms. The highest BCUT2D eigenvalue weighted by Gasteiger charge is 2.60. The maximum Gasteiger partial charge on any atom is 0.475 e. The van der Waals surface area contributed by atoms with Crippen LogP contribution < -0.4 is 10.5 Å². The summed E-state index contributed by atoms with van der Waals surface area (Å²) in [6.45, 7) is 7.06. The van der Waals surface area contributed by atoms with E-state index >= 15 is 0 Å². The Morgan fingerprint density at radius 1 is 1.48 bits per heavy atom. The summed E-state index contributed by atoms with van der Waals surface area (Å²) >= 11 is 0. The molecule has 160 valence electrons. The second-order valence-corrected chi connectivity index (χ2v) is 8.89. The highest BCUT2D eigenvalue weighted by Crippen LogP contribution is 2.59. The van der Waals surface area contributed by atoms with Crippen LogP contribution >= 0.6 is 7.82 Å². The van der Waals surface area contributed by atoms with Gasteiger partial charge < -0.3 is 20.3 Å². The number of anilines is 1. The van der Waals surface area contributed by atoms with Crippen molar-refractivity contribution in [2.75, 3.05) is 18.9 Å². The van der Waals surface area contributed by atoms with Crippen molar-refractivity contribution >= 4 is 24.9 Å². The highest BCUT2D eigenvalue weighted by molar-refractivity contribution is 7.48. The van der Waals surface area contributed by atoms with E-state index in [2.05, 4.69) is 15.0 Å². The van der Waals surface area contributed by atoms with Crippen LogP contribution in [0.3, 0.4) is 0 Å². The summed E-state index contributed by atoms with van der Waals surface area (Å²) in [6, 6.07) is 0. The van der Waals surface area contributed by atoms with Crippen molar-refractivity contribution in [2.24, 2.45) is 0 Å². The molecular weight excluding hydrogens is 405 g/mol. The van der Waals surface area contributed by atoms with Gasteiger partial charge in [0, 0.05) is 0 Å². The summed E-state index contributed by atoms with van der Waals surface area (Å²) < 4.78 is 41.9. The minimum atomic E-state index is -3.83. The number of hydrogen-bond acceptors (Lipinski definition) is 11. The molecule has 0 radical (unpaired) electrons. The van der Waals surface area contributed by atoms with E-state index in [1.54, 1.807) is 13.8 Å². The molecule has 2 aliphatic heterocycles. The van der Waals surface area contributed by atoms with Gasteiger partial charge in [-0.15, -0.1) is 0 Å². The summed E-state index contributed by atoms with van der Waals surface area (Å²) in [5.74, 6) is 0.227. The van der Waals surface area contributed by atoms with Gasteiger partial charge in [0.1, 0.15) is 17.8 Å². The Bertz CT molecular complexity index is 965. The lowest BCUT2D eigenvalue weighted by Crippen LogP contribution is -2.47. The Morgan fingerprint density at radius 2 is 2.24 bits per heavy atom. The molecule has 0 bridgehead atoms. The van der Waals surface area contributed by atoms with E-state index in [-0.39, 0.29) is 24.5 Å². The average Bonchev–Trinajstić information content (AvgIpc) is 3.13. The van der Waals surface area contributed by atoms with Gasteiger partial charge in [-0.25, -0.2) is 9.55 Å². The second-order valence-electron chi connectivity index (χ2n) is 7.32. The van der Waals surface area contributed by atoms with Crippen LogP contribution in [0.25, 0.3) is 11.2 Å². The molecule has 29 heavy (non-hydrogen) atoms. The third kappa shape index (κ3) is 3.49. The number of aliphatic hydroxyl groups is 1. The van der Waals surface area contributed by atoms with E-state index in [0.717, 1.165) is 0 Å². The number of rotatable bonds is 5. The number of nitrogen functional groups attached to an aromatic ring is 1. The van der Waals surface area contributed by atoms with Crippen molar-refractivity contribution in [3.63, 3.8) is 0 Å². The molecule has 4 heterocycles. The summed E-state index contributed by atoms with van der Waals surface area (Å²) in [7, 11) is -3.83. The lowest BCUT2D eigenvalue weighted by molar-refractivity contribution is -0.0917. The van der Waals surface area contributed by atoms with Crippen LogP contribution in [0, 0.1) is 0 Å². The van der Waals surface area contributed by atoms with Crippen LogP contribution in [-0.2, 0) is 22.9 Å². The van der Waals surface area contributed by atoms with Gasteiger partial charge in [-0.2, -0.15) is 9.97 Å². The van der Waals surface area contributed by atoms with Gasteiger partial charge in [0.15, 0.2) is 17.4 Å². The van der Waals surface area contributed by atoms with E-state index in [1.807, 2.05) is 6.92 Å². The summed E-state index contributed by atoms with van der Waals surface area (Å²) in [6.07, 6.45) is -1.51. The minimum absolute atomic E-state index is 0.00725. The Labute approximate surface area is 166 Å². The van der Waals surface area contributed by atoms with Gasteiger partial charge >= 0.3 is 7.82 Å². The summed E-state index contributed by atoms with van der Waals surface area (Å²) in [4.78, 5) is 12.6. The normalized spacial score (nSPS) is 34.6. The van der Waals surface area contributed by atoms with Crippen molar-refractivity contribution in [1.29, 1.82) is 0 Å². The number of phosphoric ester groups is 1. The van der Waals surface area contributed by atoms with E-state index in [9.17, 15) is 9.67 Å². The summed E-state index contributed by atoms with van der Waals surface area (Å²) in [5.41, 5.74) is 4.91. The molecule has 0 amide bonds. The predicted octanol–water partition coefficient (Wildman–Crippen LogP) is 1.40. The van der Waals surface area contributed by atoms with Gasteiger partial charge in [-0.3, -0.25) is 18.1 Å². The maximum absolute atomic E-state index is 12.7. The van der Waals surface area contributed by atoms with Crippen molar-refractivity contribution in [1.82, 2.24) is 19.5 Å². The topological polar surface area (TPSA) is 153 Å². The van der Waals surface area contributed by atoms with Gasteiger partial charge in [-0.05, 0) is 27.7 Å². The molecule has 2 aromatic heterocycles. The number of nitrogens with zero attached hydrogens (tertiary/aromatic N) is 4. The molecular formula is C16H24N5O7P. The van der Waals surface area contributed by atoms with Gasteiger partial charge in [-0.1, -0.05) is 0 Å². The number of nitrogens with two attached hydrogens (primary N) is 1. The zero-order chi connectivity index (χ0) is 21.0. The minimum Gasteiger partial charge on any atom is -0.476 e. The molecule has 3 N–H and O–H groups in total. The first kappa shape index (κ1) is 20.5. The second kappa shape index (κ2) is 7.15. The zero-order valence-electron chi connectivity index (χ0n) is 16.5. The van der Waals surface area contributed by atoms with Crippen LogP contribution in [0.2, 0.25) is 0 Å². The fourth-order valence-corrected chi connectivity index (χ4v) is 5.15. The predicted molar refractivity (Wildman–Crippen MR) is 100 cm³/mol. The number of aromatic nitrogens is 4. The fourth-order valence-electron chi connectivity index (χ4n) is 3.50. The molecule has 0 saturated carbocycles. The molecule has 2 aromatic rings. The average molecular weight is 429 g/mol. The molecule has 5 atom stereocenters. The number of fused-ring (bicyclic) bond motifs is 2. The Kier molecular flexibility index (Phi) is 5.04. The fraction of sp³-hybridized carbons (Fsp3) is 0.688. The molecule has 0 unspecified atom stereocenters. The maximum atomic E-state index is 12.7. The Hall–Kier alpha value is -1.82. The summed E-state index contributed by atoms with van der Waals surface area (Å²) in [5, 5.41) is 11.3. The van der Waals surface area contributed by atoms with Crippen molar-refractivity contribution in [3.05, 3.63) is 6.33 Å². The van der Waals surface area contributed by atoms with Crippen molar-refractivity contribution in [2.45, 2.75) is 57.8 Å². The van der Waals surface area contributed by atoms with Crippen molar-refractivity contribution in [3.8, 4) is 5.88 Å². The molecule has 4 rings (SSSR count). The molecule has 2 aliphatic rings. The third-order valence-corrected chi connectivity index (χ3v) is 6.27. The van der Waals surface area contributed by atoms with Crippen LogP contribution in [0.4, 0.5) is 5.95 Å². The molecule has 0 aliphatic carbocycles. The molecule has 2 saturated heterocycles. The van der Waals surface area contributed by atoms with E-state index in [4.69, 9.17) is 28.8 Å². The molecule has 2 fully saturated rings. The van der Waals surface area contributed by atoms with Crippen LogP contribution in [0.1, 0.15) is 33.9 Å². The number of imidazole rings is 1. The quantitative estimate of drug-likeness (QED) is 0.663. The number of hydrogen-bond donors (Lipinski definition) is 2. The van der Waals surface area contributed by atoms with Gasteiger partial charge in [0.05, 0.1) is 25.6 Å². The molecule has 13 heteroatoms. The molecule has 0 aromatic carbocycles. The number of ether oxygens (including phenoxy) is 2. The van der Waals surface area contributed by atoms with Crippen LogP contribution in [-0.4, -0.2) is 61.8 Å². The van der Waals surface area contributed by atoms with E-state index in [0.29, 0.717) is 17.8 Å². The largest absolute Gasteiger partial charge is 0.476 e. The van der Waals surface area contributed by atoms with Gasteiger partial charge in [0.2, 0.25) is 11.8 Å². The van der Waals surface area contributed by atoms with Crippen LogP contribution in [0.15, 0.2) is 6.33 Å². The lowest BCUT2D eigenvalue weighted by atomic mass is 9.96. The monoisotopic (exact) mass is 429 g/mol. The van der Waals surface area contributed by atoms with Crippen LogP contribution in [0.5, 0.6) is 5.88 Å². The zero-order valence-corrected chi connectivity index (χ0v) is 17.4. The standard InChI is InChI=1S/C16H24N5O7P/c1-5-24-13-10-12(19-15(17)20-13)21(7-18-10)14-16(4,22)11-9(26-14)6-25-29(23,28-11)27-8(2)3/h7-9,11,14,22H,5-6H2,1-4H3,(H2,17,19,20)/t9-,11-,14-,16-,29+/m1/s1. The Balaban J connectivity index is 1.70. The third-order valence-electron chi connectivity index (χ3n) is 4.64. The smallest absolute Gasteiger partial charge is 0.475 e. The first-order valence-corrected chi connectivity index (χ1v) is 10.7. The first-order valence-electron chi connectivity index (χ1n) is 9.26.